The number of carbonyl (C=O) groups excluding carboxylic acids is 1. The minimum atomic E-state index is -0.651. The van der Waals surface area contributed by atoms with Crippen LogP contribution < -0.4 is 16.2 Å². The molecule has 0 aromatic rings. The van der Waals surface area contributed by atoms with Crippen LogP contribution in [0.1, 0.15) is 46.5 Å². The molecule has 24 heavy (non-hydrogen) atoms. The van der Waals surface area contributed by atoms with E-state index in [1.165, 1.54) is 0 Å². The highest BCUT2D eigenvalue weighted by Gasteiger charge is 2.22. The average molecular weight is 360 g/mol. The minimum absolute atomic E-state index is 0.172. The summed E-state index contributed by atoms with van der Waals surface area (Å²) in [6, 6.07) is 0. The van der Waals surface area contributed by atoms with Gasteiger partial charge in [-0.15, -0.1) is 6.58 Å². The first-order chi connectivity index (χ1) is 11.4. The van der Waals surface area contributed by atoms with Crippen LogP contribution in [0.5, 0.6) is 0 Å². The fraction of sp³-hybridized carbons (Fsp3) is 0.765. The largest absolute Gasteiger partial charge is 0.391 e. The Morgan fingerprint density at radius 1 is 1.33 bits per heavy atom. The van der Waals surface area contributed by atoms with E-state index in [0.29, 0.717) is 30.6 Å². The van der Waals surface area contributed by atoms with Crippen molar-refractivity contribution in [1.29, 1.82) is 0 Å². The number of rotatable bonds is 12. The maximum Gasteiger partial charge on any atom is 0.241 e. The quantitative estimate of drug-likeness (QED) is 0.242. The number of carbonyl (C=O) groups is 1. The molecule has 4 N–H and O–H groups in total. The van der Waals surface area contributed by atoms with Gasteiger partial charge in [-0.25, -0.2) is 0 Å². The predicted octanol–water partition coefficient (Wildman–Crippen LogP) is 1.90. The van der Waals surface area contributed by atoms with Gasteiger partial charge < -0.3 is 15.2 Å². The van der Waals surface area contributed by atoms with E-state index in [1.807, 2.05) is 0 Å². The van der Waals surface area contributed by atoms with Gasteiger partial charge in [0.05, 0.1) is 12.7 Å². The molecule has 140 valence electrons. The first-order valence-electron chi connectivity index (χ1n) is 8.61. The SMILES string of the molecule is C=CCNC(=S)NNC(=O)[C@H](CCCC)C[C@@H](O)COCC(C)C. The van der Waals surface area contributed by atoms with Crippen LogP contribution in [0.15, 0.2) is 12.7 Å². The number of hydrogen-bond acceptors (Lipinski definition) is 4. The number of aliphatic hydroxyl groups excluding tert-OH is 1. The zero-order chi connectivity index (χ0) is 18.4. The molecule has 7 heteroatoms. The smallest absolute Gasteiger partial charge is 0.241 e. The molecule has 0 aliphatic rings. The third kappa shape index (κ3) is 12.3. The summed E-state index contributed by atoms with van der Waals surface area (Å²) in [5.41, 5.74) is 5.27. The van der Waals surface area contributed by atoms with Crippen LogP contribution in [-0.2, 0) is 9.53 Å². The van der Waals surface area contributed by atoms with Crippen molar-refractivity contribution in [2.75, 3.05) is 19.8 Å². The number of thiocarbonyl (C=S) groups is 1. The van der Waals surface area contributed by atoms with E-state index in [-0.39, 0.29) is 18.4 Å². The number of aliphatic hydroxyl groups is 1. The maximum atomic E-state index is 12.3. The molecular weight excluding hydrogens is 326 g/mol. The van der Waals surface area contributed by atoms with Gasteiger partial charge in [0.1, 0.15) is 0 Å². The number of amides is 1. The minimum Gasteiger partial charge on any atom is -0.391 e. The van der Waals surface area contributed by atoms with E-state index in [9.17, 15) is 9.90 Å². The fourth-order valence-electron chi connectivity index (χ4n) is 2.07. The van der Waals surface area contributed by atoms with Gasteiger partial charge >= 0.3 is 0 Å². The number of hydrazine groups is 1. The molecule has 0 spiro atoms. The van der Waals surface area contributed by atoms with E-state index < -0.39 is 6.10 Å². The lowest BCUT2D eigenvalue weighted by Crippen LogP contribution is -2.49. The Bertz CT molecular complexity index is 378. The number of hydrogen-bond donors (Lipinski definition) is 4. The lowest BCUT2D eigenvalue weighted by atomic mass is 9.95. The first kappa shape index (κ1) is 22.8. The predicted molar refractivity (Wildman–Crippen MR) is 101 cm³/mol. The molecule has 0 bridgehead atoms. The van der Waals surface area contributed by atoms with Gasteiger partial charge in [-0.05, 0) is 31.0 Å². The molecule has 0 aliphatic carbocycles. The van der Waals surface area contributed by atoms with Crippen molar-refractivity contribution in [2.24, 2.45) is 11.8 Å². The summed E-state index contributed by atoms with van der Waals surface area (Å²) in [6.45, 7) is 11.1. The maximum absolute atomic E-state index is 12.3. The van der Waals surface area contributed by atoms with E-state index in [1.54, 1.807) is 6.08 Å². The summed E-state index contributed by atoms with van der Waals surface area (Å²) >= 11 is 5.03. The first-order valence-corrected chi connectivity index (χ1v) is 9.01. The Morgan fingerprint density at radius 3 is 2.62 bits per heavy atom. The molecule has 0 unspecified atom stereocenters. The van der Waals surface area contributed by atoms with Crippen LogP contribution in [0, 0.1) is 11.8 Å². The van der Waals surface area contributed by atoms with Crippen molar-refractivity contribution < 1.29 is 14.6 Å². The number of unbranched alkanes of at least 4 members (excludes halogenated alkanes) is 1. The Hall–Kier alpha value is -1.18. The molecule has 0 radical (unpaired) electrons. The molecule has 1 amide bonds. The second-order valence-electron chi connectivity index (χ2n) is 6.27. The molecule has 0 saturated carbocycles. The van der Waals surface area contributed by atoms with Crippen molar-refractivity contribution in [1.82, 2.24) is 16.2 Å². The molecule has 0 heterocycles. The molecule has 0 aliphatic heterocycles. The van der Waals surface area contributed by atoms with Crippen LogP contribution in [-0.4, -0.2) is 42.0 Å². The number of nitrogens with one attached hydrogen (secondary N) is 3. The molecular formula is C17H33N3O3S. The molecule has 0 aromatic heterocycles. The summed E-state index contributed by atoms with van der Waals surface area (Å²) < 4.78 is 5.45. The van der Waals surface area contributed by atoms with Gasteiger partial charge in [0.25, 0.3) is 0 Å². The van der Waals surface area contributed by atoms with E-state index >= 15 is 0 Å². The Kier molecular flexibility index (Phi) is 13.5. The van der Waals surface area contributed by atoms with Gasteiger partial charge in [-0.1, -0.05) is 39.7 Å². The molecule has 0 saturated heterocycles. The van der Waals surface area contributed by atoms with E-state index in [0.717, 1.165) is 19.3 Å². The van der Waals surface area contributed by atoms with Crippen molar-refractivity contribution in [3.63, 3.8) is 0 Å². The zero-order valence-electron chi connectivity index (χ0n) is 15.1. The summed E-state index contributed by atoms with van der Waals surface area (Å²) in [5, 5.41) is 13.3. The van der Waals surface area contributed by atoms with Crippen molar-refractivity contribution in [3.05, 3.63) is 12.7 Å². The summed E-state index contributed by atoms with van der Waals surface area (Å²) in [5.74, 6) is -0.0314. The fourth-order valence-corrected chi connectivity index (χ4v) is 2.21. The lowest BCUT2D eigenvalue weighted by molar-refractivity contribution is -0.127. The van der Waals surface area contributed by atoms with Crippen LogP contribution >= 0.6 is 12.2 Å². The molecule has 0 rings (SSSR count). The standard InChI is InChI=1S/C17H33N3O3S/c1-5-7-8-14(10-15(21)12-23-11-13(3)4)16(22)19-20-17(24)18-9-6-2/h6,13-15,21H,2,5,7-12H2,1,3-4H3,(H,19,22)(H2,18,20,24)/t14-,15-/m1/s1. The average Bonchev–Trinajstić information content (AvgIpc) is 2.54. The van der Waals surface area contributed by atoms with Crippen LogP contribution in [0.4, 0.5) is 0 Å². The van der Waals surface area contributed by atoms with Crippen LogP contribution in [0.3, 0.4) is 0 Å². The highest BCUT2D eigenvalue weighted by Crippen LogP contribution is 2.16. The van der Waals surface area contributed by atoms with Crippen molar-refractivity contribution in [2.45, 2.75) is 52.6 Å². The summed E-state index contributed by atoms with van der Waals surface area (Å²) in [7, 11) is 0. The second-order valence-corrected chi connectivity index (χ2v) is 6.68. The lowest BCUT2D eigenvalue weighted by Gasteiger charge is -2.21. The third-order valence-corrected chi connectivity index (χ3v) is 3.55. The normalized spacial score (nSPS) is 13.2. The zero-order valence-corrected chi connectivity index (χ0v) is 16.0. The highest BCUT2D eigenvalue weighted by molar-refractivity contribution is 7.80. The van der Waals surface area contributed by atoms with Gasteiger partial charge in [0.2, 0.25) is 5.91 Å². The Balaban J connectivity index is 4.33. The van der Waals surface area contributed by atoms with Crippen LogP contribution in [0.25, 0.3) is 0 Å². The van der Waals surface area contributed by atoms with Gasteiger partial charge in [0.15, 0.2) is 5.11 Å². The van der Waals surface area contributed by atoms with E-state index in [2.05, 4.69) is 43.5 Å². The topological polar surface area (TPSA) is 82.6 Å². The molecule has 6 nitrogen and oxygen atoms in total. The third-order valence-electron chi connectivity index (χ3n) is 3.30. The van der Waals surface area contributed by atoms with Gasteiger partial charge in [-0.3, -0.25) is 15.6 Å². The molecule has 2 atom stereocenters. The highest BCUT2D eigenvalue weighted by atomic mass is 32.1. The summed E-state index contributed by atoms with van der Waals surface area (Å²) in [6.07, 6.45) is 4.04. The summed E-state index contributed by atoms with van der Waals surface area (Å²) in [4.78, 5) is 12.3. The van der Waals surface area contributed by atoms with Gasteiger partial charge in [-0.2, -0.15) is 0 Å². The number of ether oxygens (including phenoxy) is 1. The van der Waals surface area contributed by atoms with Crippen LogP contribution in [0.2, 0.25) is 0 Å². The molecule has 0 fully saturated rings. The Morgan fingerprint density at radius 2 is 2.04 bits per heavy atom. The van der Waals surface area contributed by atoms with Crippen molar-refractivity contribution in [3.8, 4) is 0 Å². The second kappa shape index (κ2) is 14.2. The van der Waals surface area contributed by atoms with Gasteiger partial charge in [0, 0.05) is 19.1 Å². The monoisotopic (exact) mass is 359 g/mol. The molecule has 0 aromatic carbocycles. The Labute approximate surface area is 151 Å². The van der Waals surface area contributed by atoms with Crippen molar-refractivity contribution >= 4 is 23.2 Å². The van der Waals surface area contributed by atoms with E-state index in [4.69, 9.17) is 17.0 Å².